The second-order valence-electron chi connectivity index (χ2n) is 5.57. The molecular formula is C17H27NO4. The lowest BCUT2D eigenvalue weighted by molar-refractivity contribution is -0.143. The van der Waals surface area contributed by atoms with Gasteiger partial charge in [0.25, 0.3) is 0 Å². The molecule has 1 rings (SSSR count). The van der Waals surface area contributed by atoms with Gasteiger partial charge in [-0.25, -0.2) is 0 Å². The average molecular weight is 309 g/mol. The number of carboxylic acids is 1. The van der Waals surface area contributed by atoms with Crippen LogP contribution in [0.5, 0.6) is 11.5 Å². The van der Waals surface area contributed by atoms with Crippen molar-refractivity contribution in [2.45, 2.75) is 52.0 Å². The molecule has 5 heteroatoms. The minimum absolute atomic E-state index is 0.00643. The van der Waals surface area contributed by atoms with Crippen LogP contribution < -0.4 is 15.2 Å². The number of rotatable bonds is 9. The maximum Gasteiger partial charge on any atom is 0.323 e. The second-order valence-corrected chi connectivity index (χ2v) is 5.57. The average Bonchev–Trinajstić information content (AvgIpc) is 2.47. The number of para-hydroxylation sites is 1. The van der Waals surface area contributed by atoms with Crippen molar-refractivity contribution >= 4 is 5.97 Å². The summed E-state index contributed by atoms with van der Waals surface area (Å²) >= 11 is 0. The molecule has 0 aromatic heterocycles. The number of hydrogen-bond donors (Lipinski definition) is 2. The first kappa shape index (κ1) is 18.3. The van der Waals surface area contributed by atoms with Gasteiger partial charge in [-0.2, -0.15) is 0 Å². The van der Waals surface area contributed by atoms with Crippen LogP contribution in [-0.2, 0) is 4.79 Å². The van der Waals surface area contributed by atoms with E-state index in [4.69, 9.17) is 15.2 Å². The summed E-state index contributed by atoms with van der Waals surface area (Å²) in [6.45, 7) is 8.46. The highest BCUT2D eigenvalue weighted by Crippen LogP contribution is 2.40. The van der Waals surface area contributed by atoms with E-state index in [0.717, 1.165) is 12.0 Å². The van der Waals surface area contributed by atoms with E-state index in [1.54, 1.807) is 6.92 Å². The summed E-state index contributed by atoms with van der Waals surface area (Å²) in [6, 6.07) is 5.73. The smallest absolute Gasteiger partial charge is 0.323 e. The molecule has 2 unspecified atom stereocenters. The molecular weight excluding hydrogens is 282 g/mol. The number of ether oxygens (including phenoxy) is 2. The van der Waals surface area contributed by atoms with Gasteiger partial charge in [-0.3, -0.25) is 4.79 Å². The van der Waals surface area contributed by atoms with E-state index in [1.165, 1.54) is 0 Å². The third kappa shape index (κ3) is 4.37. The third-order valence-electron chi connectivity index (χ3n) is 3.69. The van der Waals surface area contributed by atoms with Gasteiger partial charge in [0.1, 0.15) is 5.54 Å². The molecule has 0 spiro atoms. The van der Waals surface area contributed by atoms with E-state index in [1.807, 2.05) is 39.0 Å². The standard InChI is InChI=1S/C17H27NO4/c1-5-12(11-17(4,18)16(19)20)13-9-8-10-14(21-6-2)15(13)22-7-3/h8-10,12H,5-7,11,18H2,1-4H3,(H,19,20). The molecule has 0 radical (unpaired) electrons. The fourth-order valence-electron chi connectivity index (χ4n) is 2.50. The van der Waals surface area contributed by atoms with Crippen molar-refractivity contribution in [1.82, 2.24) is 0 Å². The zero-order valence-corrected chi connectivity index (χ0v) is 13.9. The first-order valence-corrected chi connectivity index (χ1v) is 7.78. The zero-order valence-electron chi connectivity index (χ0n) is 13.9. The predicted octanol–water partition coefficient (Wildman–Crippen LogP) is 3.17. The van der Waals surface area contributed by atoms with Gasteiger partial charge in [-0.1, -0.05) is 19.1 Å². The number of aliphatic carboxylic acids is 1. The Balaban J connectivity index is 3.20. The van der Waals surface area contributed by atoms with Crippen molar-refractivity contribution in [1.29, 1.82) is 0 Å². The summed E-state index contributed by atoms with van der Waals surface area (Å²) in [5.74, 6) is 0.382. The fourth-order valence-corrected chi connectivity index (χ4v) is 2.50. The number of hydrogen-bond acceptors (Lipinski definition) is 4. The largest absolute Gasteiger partial charge is 0.490 e. The molecule has 0 amide bonds. The summed E-state index contributed by atoms with van der Waals surface area (Å²) in [5.41, 5.74) is 5.60. The van der Waals surface area contributed by atoms with Crippen LogP contribution in [0.3, 0.4) is 0 Å². The molecule has 0 heterocycles. The van der Waals surface area contributed by atoms with Crippen LogP contribution in [0.1, 0.15) is 52.0 Å². The molecule has 0 saturated carbocycles. The lowest BCUT2D eigenvalue weighted by atomic mass is 9.83. The highest BCUT2D eigenvalue weighted by Gasteiger charge is 2.32. The van der Waals surface area contributed by atoms with E-state index in [2.05, 4.69) is 0 Å². The topological polar surface area (TPSA) is 81.8 Å². The van der Waals surface area contributed by atoms with Crippen molar-refractivity contribution < 1.29 is 19.4 Å². The molecule has 0 aliphatic rings. The minimum Gasteiger partial charge on any atom is -0.490 e. The lowest BCUT2D eigenvalue weighted by Crippen LogP contribution is -2.46. The maximum absolute atomic E-state index is 11.3. The molecule has 2 atom stereocenters. The van der Waals surface area contributed by atoms with Crippen LogP contribution in [0.15, 0.2) is 18.2 Å². The molecule has 1 aromatic carbocycles. The van der Waals surface area contributed by atoms with Gasteiger partial charge in [0.05, 0.1) is 13.2 Å². The Labute approximate surface area is 132 Å². The Kier molecular flexibility index (Phi) is 6.68. The number of carbonyl (C=O) groups is 1. The fraction of sp³-hybridized carbons (Fsp3) is 0.588. The minimum atomic E-state index is -1.27. The molecule has 0 aliphatic heterocycles. The van der Waals surface area contributed by atoms with E-state index >= 15 is 0 Å². The molecule has 3 N–H and O–H groups in total. The molecule has 0 fully saturated rings. The van der Waals surface area contributed by atoms with Crippen molar-refractivity contribution in [3.63, 3.8) is 0 Å². The van der Waals surface area contributed by atoms with Crippen molar-refractivity contribution in [2.24, 2.45) is 5.73 Å². The molecule has 124 valence electrons. The summed E-state index contributed by atoms with van der Waals surface area (Å²) < 4.78 is 11.4. The third-order valence-corrected chi connectivity index (χ3v) is 3.69. The summed E-state index contributed by atoms with van der Waals surface area (Å²) in [4.78, 5) is 11.3. The van der Waals surface area contributed by atoms with Gasteiger partial charge in [-0.05, 0) is 45.6 Å². The van der Waals surface area contributed by atoms with Gasteiger partial charge in [0.2, 0.25) is 0 Å². The maximum atomic E-state index is 11.3. The monoisotopic (exact) mass is 309 g/mol. The van der Waals surface area contributed by atoms with Crippen LogP contribution >= 0.6 is 0 Å². The highest BCUT2D eigenvalue weighted by molar-refractivity contribution is 5.78. The summed E-state index contributed by atoms with van der Waals surface area (Å²) in [5, 5.41) is 9.26. The summed E-state index contributed by atoms with van der Waals surface area (Å²) in [6.07, 6.45) is 1.12. The number of nitrogens with two attached hydrogens (primary N) is 1. The van der Waals surface area contributed by atoms with Crippen molar-refractivity contribution in [2.75, 3.05) is 13.2 Å². The first-order valence-electron chi connectivity index (χ1n) is 7.78. The van der Waals surface area contributed by atoms with Crippen LogP contribution in [0.4, 0.5) is 0 Å². The van der Waals surface area contributed by atoms with Crippen LogP contribution in [0.25, 0.3) is 0 Å². The molecule has 0 bridgehead atoms. The molecule has 0 saturated heterocycles. The molecule has 22 heavy (non-hydrogen) atoms. The van der Waals surface area contributed by atoms with E-state index in [0.29, 0.717) is 31.1 Å². The normalized spacial score (nSPS) is 15.0. The van der Waals surface area contributed by atoms with Crippen LogP contribution in [0.2, 0.25) is 0 Å². The second kappa shape index (κ2) is 8.03. The Bertz CT molecular complexity index is 499. The SMILES string of the molecule is CCOc1cccc(C(CC)CC(C)(N)C(=O)O)c1OCC. The van der Waals surface area contributed by atoms with E-state index in [9.17, 15) is 9.90 Å². The van der Waals surface area contributed by atoms with Gasteiger partial charge in [0.15, 0.2) is 11.5 Å². The van der Waals surface area contributed by atoms with Crippen molar-refractivity contribution in [3.8, 4) is 11.5 Å². The summed E-state index contributed by atoms with van der Waals surface area (Å²) in [7, 11) is 0. The van der Waals surface area contributed by atoms with Gasteiger partial charge >= 0.3 is 5.97 Å². The quantitative estimate of drug-likeness (QED) is 0.732. The van der Waals surface area contributed by atoms with Crippen LogP contribution in [-0.4, -0.2) is 29.8 Å². The lowest BCUT2D eigenvalue weighted by Gasteiger charge is -2.27. The highest BCUT2D eigenvalue weighted by atomic mass is 16.5. The number of carboxylic acid groups (broad SMARTS) is 1. The Morgan fingerprint density at radius 2 is 1.91 bits per heavy atom. The predicted molar refractivity (Wildman–Crippen MR) is 86.7 cm³/mol. The molecule has 1 aromatic rings. The number of benzene rings is 1. The molecule has 0 aliphatic carbocycles. The van der Waals surface area contributed by atoms with Gasteiger partial charge in [-0.15, -0.1) is 0 Å². The van der Waals surface area contributed by atoms with Gasteiger partial charge in [0, 0.05) is 5.56 Å². The Hall–Kier alpha value is -1.75. The van der Waals surface area contributed by atoms with Gasteiger partial charge < -0.3 is 20.3 Å². The Morgan fingerprint density at radius 1 is 1.27 bits per heavy atom. The van der Waals surface area contributed by atoms with Crippen molar-refractivity contribution in [3.05, 3.63) is 23.8 Å². The van der Waals surface area contributed by atoms with Crippen LogP contribution in [0, 0.1) is 0 Å². The Morgan fingerprint density at radius 3 is 2.41 bits per heavy atom. The zero-order chi connectivity index (χ0) is 16.8. The van der Waals surface area contributed by atoms with E-state index < -0.39 is 11.5 Å². The van der Waals surface area contributed by atoms with E-state index in [-0.39, 0.29) is 5.92 Å². The molecule has 5 nitrogen and oxygen atoms in total. The first-order chi connectivity index (χ1) is 10.4.